The summed E-state index contributed by atoms with van der Waals surface area (Å²) >= 11 is 0. The molecule has 2 heterocycles. The summed E-state index contributed by atoms with van der Waals surface area (Å²) in [7, 11) is 1.65. The highest BCUT2D eigenvalue weighted by atomic mass is 16.5. The first-order valence-electron chi connectivity index (χ1n) is 8.51. The van der Waals surface area contributed by atoms with E-state index in [0.717, 1.165) is 30.2 Å². The molecule has 9 nitrogen and oxygen atoms in total. The van der Waals surface area contributed by atoms with Gasteiger partial charge in [-0.1, -0.05) is 13.8 Å². The third kappa shape index (κ3) is 4.93. The number of carboxylic acid groups (broad SMARTS) is 1. The van der Waals surface area contributed by atoms with E-state index in [1.54, 1.807) is 13.3 Å². The first-order chi connectivity index (χ1) is 11.9. The number of methoxy groups -OCH3 is 1. The lowest BCUT2D eigenvalue weighted by atomic mass is 9.89. The molecule has 0 bridgehead atoms. The van der Waals surface area contributed by atoms with Gasteiger partial charge in [0.2, 0.25) is 0 Å². The lowest BCUT2D eigenvalue weighted by Crippen LogP contribution is -2.51. The van der Waals surface area contributed by atoms with Gasteiger partial charge in [-0.2, -0.15) is 5.10 Å². The number of amides is 1. The van der Waals surface area contributed by atoms with Crippen LogP contribution in [0.4, 0.5) is 16.3 Å². The van der Waals surface area contributed by atoms with Crippen LogP contribution in [0.25, 0.3) is 0 Å². The van der Waals surface area contributed by atoms with Crippen LogP contribution >= 0.6 is 0 Å². The van der Waals surface area contributed by atoms with Gasteiger partial charge < -0.3 is 20.1 Å². The van der Waals surface area contributed by atoms with Gasteiger partial charge in [-0.05, 0) is 12.3 Å². The summed E-state index contributed by atoms with van der Waals surface area (Å²) in [5.74, 6) is 6.81. The predicted molar refractivity (Wildman–Crippen MR) is 95.4 cm³/mol. The van der Waals surface area contributed by atoms with Crippen LogP contribution in [-0.4, -0.2) is 65.8 Å². The van der Waals surface area contributed by atoms with E-state index < -0.39 is 6.09 Å². The number of rotatable bonds is 8. The van der Waals surface area contributed by atoms with Crippen LogP contribution < -0.4 is 16.1 Å². The number of nitrogens with one attached hydrogen (secondary N) is 1. The molecule has 1 aliphatic heterocycles. The number of carbonyl (C=O) groups is 1. The molecule has 1 aromatic heterocycles. The number of hydrogen-bond donors (Lipinski definition) is 3. The standard InChI is InChI=1S/C16H28N6O3/c1-11(2)15(22(17)16(23)24)12-4-6-21(10-12)13-8-14(20-19-9-13)18-5-7-25-3/h8-9,11-12,15H,4-7,10,17H2,1-3H3,(H,18,20)(H,23,24)/t12?,15-/m1/s1. The molecule has 0 aliphatic carbocycles. The van der Waals surface area contributed by atoms with E-state index in [-0.39, 0.29) is 17.9 Å². The van der Waals surface area contributed by atoms with Crippen molar-refractivity contribution in [1.29, 1.82) is 0 Å². The van der Waals surface area contributed by atoms with Crippen LogP contribution in [-0.2, 0) is 4.74 Å². The predicted octanol–water partition coefficient (Wildman–Crippen LogP) is 1.24. The molecule has 0 radical (unpaired) electrons. The Morgan fingerprint density at radius 3 is 3.00 bits per heavy atom. The van der Waals surface area contributed by atoms with Crippen molar-refractivity contribution in [2.45, 2.75) is 26.3 Å². The van der Waals surface area contributed by atoms with Crippen LogP contribution in [0.5, 0.6) is 0 Å². The highest BCUT2D eigenvalue weighted by Gasteiger charge is 2.36. The summed E-state index contributed by atoms with van der Waals surface area (Å²) in [6.45, 7) is 6.84. The van der Waals surface area contributed by atoms with Gasteiger partial charge in [-0.3, -0.25) is 0 Å². The Labute approximate surface area is 148 Å². The molecule has 4 N–H and O–H groups in total. The van der Waals surface area contributed by atoms with E-state index >= 15 is 0 Å². The topological polar surface area (TPSA) is 117 Å². The van der Waals surface area contributed by atoms with Crippen molar-refractivity contribution in [3.63, 3.8) is 0 Å². The molecule has 1 saturated heterocycles. The van der Waals surface area contributed by atoms with E-state index in [2.05, 4.69) is 20.4 Å². The minimum Gasteiger partial charge on any atom is -0.464 e. The minimum absolute atomic E-state index is 0.146. The van der Waals surface area contributed by atoms with Crippen LogP contribution in [0.1, 0.15) is 20.3 Å². The zero-order valence-corrected chi connectivity index (χ0v) is 15.1. The summed E-state index contributed by atoms with van der Waals surface area (Å²) in [5.41, 5.74) is 0.971. The second-order valence-corrected chi connectivity index (χ2v) is 6.64. The molecule has 1 aromatic rings. The van der Waals surface area contributed by atoms with Crippen molar-refractivity contribution in [2.75, 3.05) is 43.6 Å². The molecule has 0 spiro atoms. The van der Waals surface area contributed by atoms with Gasteiger partial charge >= 0.3 is 6.09 Å². The SMILES string of the molecule is COCCNc1cc(N2CCC([C@@H](C(C)C)N(N)C(=O)O)C2)cnn1. The minimum atomic E-state index is -1.09. The maximum atomic E-state index is 11.3. The average molecular weight is 352 g/mol. The van der Waals surface area contributed by atoms with Crippen LogP contribution in [0.2, 0.25) is 0 Å². The highest BCUT2D eigenvalue weighted by Crippen LogP contribution is 2.30. The quantitative estimate of drug-likeness (QED) is 0.277. The summed E-state index contributed by atoms with van der Waals surface area (Å²) in [5, 5.41) is 21.5. The van der Waals surface area contributed by atoms with Gasteiger partial charge in [0.25, 0.3) is 0 Å². The zero-order valence-electron chi connectivity index (χ0n) is 15.1. The normalized spacial score (nSPS) is 18.4. The molecule has 0 saturated carbocycles. The Kier molecular flexibility index (Phi) is 6.77. The summed E-state index contributed by atoms with van der Waals surface area (Å²) in [6.07, 6.45) is 1.52. The van der Waals surface area contributed by atoms with E-state index in [1.165, 1.54) is 0 Å². The maximum absolute atomic E-state index is 11.3. The van der Waals surface area contributed by atoms with Gasteiger partial charge in [-0.25, -0.2) is 15.6 Å². The van der Waals surface area contributed by atoms with E-state index in [4.69, 9.17) is 10.6 Å². The second-order valence-electron chi connectivity index (χ2n) is 6.64. The molecule has 1 amide bonds. The monoisotopic (exact) mass is 352 g/mol. The molecule has 25 heavy (non-hydrogen) atoms. The fourth-order valence-corrected chi connectivity index (χ4v) is 3.42. The van der Waals surface area contributed by atoms with Gasteiger partial charge in [0.1, 0.15) is 0 Å². The Morgan fingerprint density at radius 1 is 1.60 bits per heavy atom. The lowest BCUT2D eigenvalue weighted by molar-refractivity contribution is 0.0878. The number of hydrazine groups is 1. The molecule has 1 aliphatic rings. The third-order valence-corrected chi connectivity index (χ3v) is 4.55. The molecule has 0 aromatic carbocycles. The first-order valence-corrected chi connectivity index (χ1v) is 8.51. The Bertz CT molecular complexity index is 571. The van der Waals surface area contributed by atoms with Crippen molar-refractivity contribution in [3.05, 3.63) is 12.3 Å². The molecule has 1 fully saturated rings. The first kappa shape index (κ1) is 19.2. The highest BCUT2D eigenvalue weighted by molar-refractivity contribution is 5.64. The summed E-state index contributed by atoms with van der Waals surface area (Å²) in [6, 6.07) is 1.74. The average Bonchev–Trinajstić information content (AvgIpc) is 3.04. The number of anilines is 2. The summed E-state index contributed by atoms with van der Waals surface area (Å²) in [4.78, 5) is 13.5. The fourth-order valence-electron chi connectivity index (χ4n) is 3.42. The van der Waals surface area contributed by atoms with Crippen LogP contribution in [0.15, 0.2) is 12.3 Å². The number of hydrogen-bond acceptors (Lipinski definition) is 7. The Balaban J connectivity index is 2.04. The number of nitrogens with zero attached hydrogens (tertiary/aromatic N) is 4. The van der Waals surface area contributed by atoms with Crippen molar-refractivity contribution in [3.8, 4) is 0 Å². The van der Waals surface area contributed by atoms with E-state index in [9.17, 15) is 9.90 Å². The van der Waals surface area contributed by atoms with Crippen molar-refractivity contribution in [1.82, 2.24) is 15.2 Å². The molecule has 9 heteroatoms. The zero-order chi connectivity index (χ0) is 18.4. The molecular weight excluding hydrogens is 324 g/mol. The number of ether oxygens (including phenoxy) is 1. The van der Waals surface area contributed by atoms with Crippen LogP contribution in [0.3, 0.4) is 0 Å². The van der Waals surface area contributed by atoms with Gasteiger partial charge in [-0.15, -0.1) is 5.10 Å². The van der Waals surface area contributed by atoms with Gasteiger partial charge in [0, 0.05) is 38.7 Å². The number of aromatic nitrogens is 2. The smallest absolute Gasteiger partial charge is 0.421 e. The van der Waals surface area contributed by atoms with E-state index in [0.29, 0.717) is 19.0 Å². The second kappa shape index (κ2) is 8.82. The fraction of sp³-hybridized carbons (Fsp3) is 0.688. The molecule has 1 unspecified atom stereocenters. The largest absolute Gasteiger partial charge is 0.464 e. The van der Waals surface area contributed by atoms with Crippen LogP contribution in [0, 0.1) is 11.8 Å². The lowest BCUT2D eigenvalue weighted by Gasteiger charge is -2.33. The Morgan fingerprint density at radius 2 is 2.36 bits per heavy atom. The molecule has 2 atom stereocenters. The molecular formula is C16H28N6O3. The maximum Gasteiger partial charge on any atom is 0.421 e. The number of nitrogens with two attached hydrogens (primary N) is 1. The van der Waals surface area contributed by atoms with Crippen molar-refractivity contribution in [2.24, 2.45) is 17.7 Å². The summed E-state index contributed by atoms with van der Waals surface area (Å²) < 4.78 is 5.01. The Hall–Kier alpha value is -2.13. The molecule has 2 rings (SSSR count). The van der Waals surface area contributed by atoms with E-state index in [1.807, 2.05) is 19.9 Å². The third-order valence-electron chi connectivity index (χ3n) is 4.55. The van der Waals surface area contributed by atoms with Crippen molar-refractivity contribution >= 4 is 17.6 Å². The molecule has 140 valence electrons. The van der Waals surface area contributed by atoms with Gasteiger partial charge in [0.15, 0.2) is 5.82 Å². The van der Waals surface area contributed by atoms with Gasteiger partial charge in [0.05, 0.1) is 24.5 Å². The van der Waals surface area contributed by atoms with Crippen molar-refractivity contribution < 1.29 is 14.6 Å².